The molecular weight excluding hydrogens is 362 g/mol. The van der Waals surface area contributed by atoms with E-state index in [1.165, 1.54) is 0 Å². The Bertz CT molecular complexity index is 762. The summed E-state index contributed by atoms with van der Waals surface area (Å²) >= 11 is 6.09. The third-order valence-corrected chi connectivity index (χ3v) is 4.91. The lowest BCUT2D eigenvalue weighted by molar-refractivity contribution is 0.0948. The second kappa shape index (κ2) is 9.55. The Morgan fingerprint density at radius 3 is 2.67 bits per heavy atom. The van der Waals surface area contributed by atoms with Crippen molar-refractivity contribution >= 4 is 29.1 Å². The summed E-state index contributed by atoms with van der Waals surface area (Å²) in [6.45, 7) is 6.14. The molecule has 1 N–H and O–H groups in total. The van der Waals surface area contributed by atoms with Crippen molar-refractivity contribution in [3.8, 4) is 0 Å². The number of halogens is 1. The number of unbranched alkanes of at least 4 members (excludes halogenated alkanes) is 2. The molecule has 0 unspecified atom stereocenters. The van der Waals surface area contributed by atoms with Crippen LogP contribution in [-0.4, -0.2) is 48.6 Å². The highest BCUT2D eigenvalue weighted by Gasteiger charge is 2.20. The number of aromatic nitrogens is 2. The van der Waals surface area contributed by atoms with Crippen LogP contribution in [0.25, 0.3) is 0 Å². The van der Waals surface area contributed by atoms with Gasteiger partial charge >= 0.3 is 0 Å². The van der Waals surface area contributed by atoms with Gasteiger partial charge in [0, 0.05) is 49.6 Å². The standard InChI is InChI=1S/C20H26ClN5O/c1-2-3-4-9-22-19(27)18-8-10-23-20(24-18)26-13-11-25(12-14-26)17-7-5-6-16(21)15-17/h5-8,10,15H,2-4,9,11-14H2,1H3,(H,22,27). The van der Waals surface area contributed by atoms with Crippen molar-refractivity contribution < 1.29 is 4.79 Å². The molecular formula is C20H26ClN5O. The number of hydrogen-bond donors (Lipinski definition) is 1. The quantitative estimate of drug-likeness (QED) is 0.738. The zero-order valence-corrected chi connectivity index (χ0v) is 16.5. The molecule has 1 aliphatic rings. The lowest BCUT2D eigenvalue weighted by atomic mass is 10.2. The van der Waals surface area contributed by atoms with Crippen molar-refractivity contribution in [2.24, 2.45) is 0 Å². The fraction of sp³-hybridized carbons (Fsp3) is 0.450. The Morgan fingerprint density at radius 2 is 1.93 bits per heavy atom. The monoisotopic (exact) mass is 387 g/mol. The molecule has 1 aliphatic heterocycles. The molecule has 6 nitrogen and oxygen atoms in total. The van der Waals surface area contributed by atoms with E-state index in [1.54, 1.807) is 12.3 Å². The summed E-state index contributed by atoms with van der Waals surface area (Å²) in [5, 5.41) is 3.68. The number of hydrogen-bond acceptors (Lipinski definition) is 5. The minimum Gasteiger partial charge on any atom is -0.368 e. The van der Waals surface area contributed by atoms with Gasteiger partial charge < -0.3 is 15.1 Å². The zero-order valence-electron chi connectivity index (χ0n) is 15.7. The number of carbonyl (C=O) groups is 1. The van der Waals surface area contributed by atoms with E-state index < -0.39 is 0 Å². The highest BCUT2D eigenvalue weighted by Crippen LogP contribution is 2.21. The number of nitrogens with one attached hydrogen (secondary N) is 1. The van der Waals surface area contributed by atoms with Crippen molar-refractivity contribution in [2.45, 2.75) is 26.2 Å². The number of nitrogens with zero attached hydrogens (tertiary/aromatic N) is 4. The van der Waals surface area contributed by atoms with Crippen LogP contribution in [0.4, 0.5) is 11.6 Å². The van der Waals surface area contributed by atoms with Crippen LogP contribution in [0.15, 0.2) is 36.5 Å². The van der Waals surface area contributed by atoms with E-state index in [2.05, 4.69) is 38.1 Å². The van der Waals surface area contributed by atoms with Crippen molar-refractivity contribution in [1.29, 1.82) is 0 Å². The van der Waals surface area contributed by atoms with Crippen molar-refractivity contribution in [2.75, 3.05) is 42.5 Å². The van der Waals surface area contributed by atoms with Crippen LogP contribution >= 0.6 is 11.6 Å². The molecule has 144 valence electrons. The van der Waals surface area contributed by atoms with Crippen LogP contribution in [0.3, 0.4) is 0 Å². The fourth-order valence-electron chi connectivity index (χ4n) is 3.13. The molecule has 0 atom stereocenters. The first kappa shape index (κ1) is 19.4. The average molecular weight is 388 g/mol. The first-order valence-electron chi connectivity index (χ1n) is 9.54. The van der Waals surface area contributed by atoms with Crippen LogP contribution < -0.4 is 15.1 Å². The van der Waals surface area contributed by atoms with Gasteiger partial charge in [-0.15, -0.1) is 0 Å². The molecule has 3 rings (SSSR count). The molecule has 0 aliphatic carbocycles. The molecule has 1 aromatic carbocycles. The third-order valence-electron chi connectivity index (χ3n) is 4.68. The number of piperazine rings is 1. The lowest BCUT2D eigenvalue weighted by Gasteiger charge is -2.36. The van der Waals surface area contributed by atoms with E-state index in [4.69, 9.17) is 11.6 Å². The van der Waals surface area contributed by atoms with Gasteiger partial charge in [0.1, 0.15) is 5.69 Å². The Kier molecular flexibility index (Phi) is 6.87. The number of anilines is 2. The van der Waals surface area contributed by atoms with Gasteiger partial charge in [0.25, 0.3) is 5.91 Å². The van der Waals surface area contributed by atoms with Crippen molar-refractivity contribution in [1.82, 2.24) is 15.3 Å². The van der Waals surface area contributed by atoms with E-state index in [0.717, 1.165) is 56.2 Å². The molecule has 1 saturated heterocycles. The van der Waals surface area contributed by atoms with Crippen LogP contribution in [0.2, 0.25) is 5.02 Å². The summed E-state index contributed by atoms with van der Waals surface area (Å²) in [5.41, 5.74) is 1.55. The summed E-state index contributed by atoms with van der Waals surface area (Å²) in [4.78, 5) is 25.5. The molecule has 0 radical (unpaired) electrons. The Morgan fingerprint density at radius 1 is 1.15 bits per heavy atom. The maximum Gasteiger partial charge on any atom is 0.270 e. The second-order valence-corrected chi connectivity index (χ2v) is 7.10. The maximum atomic E-state index is 12.3. The molecule has 0 spiro atoms. The van der Waals surface area contributed by atoms with E-state index in [0.29, 0.717) is 18.2 Å². The Balaban J connectivity index is 1.57. The topological polar surface area (TPSA) is 61.4 Å². The summed E-state index contributed by atoms with van der Waals surface area (Å²) in [5.74, 6) is 0.481. The number of rotatable bonds is 7. The lowest BCUT2D eigenvalue weighted by Crippen LogP contribution is -2.47. The predicted octanol–water partition coefficient (Wildman–Crippen LogP) is 3.38. The predicted molar refractivity (Wildman–Crippen MR) is 110 cm³/mol. The summed E-state index contributed by atoms with van der Waals surface area (Å²) in [6, 6.07) is 9.57. The van der Waals surface area contributed by atoms with E-state index in [9.17, 15) is 4.79 Å². The molecule has 0 bridgehead atoms. The molecule has 27 heavy (non-hydrogen) atoms. The van der Waals surface area contributed by atoms with Gasteiger partial charge in [-0.3, -0.25) is 4.79 Å². The smallest absolute Gasteiger partial charge is 0.270 e. The number of carbonyl (C=O) groups excluding carboxylic acids is 1. The summed E-state index contributed by atoms with van der Waals surface area (Å²) < 4.78 is 0. The highest BCUT2D eigenvalue weighted by atomic mass is 35.5. The molecule has 7 heteroatoms. The van der Waals surface area contributed by atoms with Crippen molar-refractivity contribution in [3.63, 3.8) is 0 Å². The normalized spacial score (nSPS) is 14.3. The van der Waals surface area contributed by atoms with Crippen LogP contribution in [0.5, 0.6) is 0 Å². The van der Waals surface area contributed by atoms with Gasteiger partial charge in [-0.2, -0.15) is 0 Å². The minimum absolute atomic E-state index is 0.132. The van der Waals surface area contributed by atoms with Crippen molar-refractivity contribution in [3.05, 3.63) is 47.2 Å². The minimum atomic E-state index is -0.132. The molecule has 0 saturated carbocycles. The van der Waals surface area contributed by atoms with Gasteiger partial charge in [0.15, 0.2) is 0 Å². The molecule has 2 aromatic rings. The average Bonchev–Trinajstić information content (AvgIpc) is 2.71. The largest absolute Gasteiger partial charge is 0.368 e. The zero-order chi connectivity index (χ0) is 19.1. The summed E-state index contributed by atoms with van der Waals surface area (Å²) in [6.07, 6.45) is 4.90. The number of benzene rings is 1. The van der Waals surface area contributed by atoms with Gasteiger partial charge in [-0.1, -0.05) is 37.4 Å². The molecule has 1 aromatic heterocycles. The molecule has 1 fully saturated rings. The Labute approximate surface area is 165 Å². The maximum absolute atomic E-state index is 12.3. The SMILES string of the molecule is CCCCCNC(=O)c1ccnc(N2CCN(c3cccc(Cl)c3)CC2)n1. The highest BCUT2D eigenvalue weighted by molar-refractivity contribution is 6.30. The van der Waals surface area contributed by atoms with Gasteiger partial charge in [0.2, 0.25) is 5.95 Å². The van der Waals surface area contributed by atoms with E-state index in [-0.39, 0.29) is 5.91 Å². The second-order valence-electron chi connectivity index (χ2n) is 6.66. The number of amides is 1. The van der Waals surface area contributed by atoms with Gasteiger partial charge in [-0.25, -0.2) is 9.97 Å². The van der Waals surface area contributed by atoms with E-state index >= 15 is 0 Å². The van der Waals surface area contributed by atoms with Gasteiger partial charge in [-0.05, 0) is 30.7 Å². The van der Waals surface area contributed by atoms with E-state index in [1.807, 2.05) is 18.2 Å². The molecule has 2 heterocycles. The summed E-state index contributed by atoms with van der Waals surface area (Å²) in [7, 11) is 0. The first-order chi connectivity index (χ1) is 13.2. The third kappa shape index (κ3) is 5.32. The fourth-order valence-corrected chi connectivity index (χ4v) is 3.32. The molecule has 1 amide bonds. The Hall–Kier alpha value is -2.34. The van der Waals surface area contributed by atoms with Crippen LogP contribution in [0.1, 0.15) is 36.7 Å². The van der Waals surface area contributed by atoms with Gasteiger partial charge in [0.05, 0.1) is 0 Å². The first-order valence-corrected chi connectivity index (χ1v) is 9.92. The van der Waals surface area contributed by atoms with Crippen LogP contribution in [0, 0.1) is 0 Å². The van der Waals surface area contributed by atoms with Crippen LogP contribution in [-0.2, 0) is 0 Å².